The molecule has 6 nitrogen and oxygen atoms in total. The van der Waals surface area contributed by atoms with Crippen molar-refractivity contribution >= 4 is 23.6 Å². The molecule has 0 bridgehead atoms. The number of carbonyl (C=O) groups excluding carboxylic acids is 2. The number of benzene rings is 2. The fraction of sp³-hybridized carbons (Fsp3) is 0.333. The molecule has 2 aromatic carbocycles. The van der Waals surface area contributed by atoms with Gasteiger partial charge in [-0.1, -0.05) is 30.7 Å². The summed E-state index contributed by atoms with van der Waals surface area (Å²) in [5.41, 5.74) is 3.62. The second-order valence-electron chi connectivity index (χ2n) is 7.70. The van der Waals surface area contributed by atoms with Gasteiger partial charge in [-0.2, -0.15) is 0 Å². The standard InChI is InChI=1S/C27H31NO5/c1-6-15-33-24-17-20(11-14-23(24)31-7-2)16-22-25(27(30)32-8-3)19(5)28(26(22)29)21-12-9-18(4)10-13-21/h9-14,16-17H,6-8,15H2,1-5H3/b22-16-. The van der Waals surface area contributed by atoms with Crippen molar-refractivity contribution in [1.82, 2.24) is 0 Å². The van der Waals surface area contributed by atoms with E-state index in [0.717, 1.165) is 17.5 Å². The Morgan fingerprint density at radius 2 is 1.67 bits per heavy atom. The summed E-state index contributed by atoms with van der Waals surface area (Å²) in [5, 5.41) is 0. The van der Waals surface area contributed by atoms with Gasteiger partial charge in [-0.3, -0.25) is 9.69 Å². The maximum atomic E-state index is 13.5. The molecule has 6 heteroatoms. The van der Waals surface area contributed by atoms with E-state index in [1.165, 1.54) is 0 Å². The molecule has 0 atom stereocenters. The van der Waals surface area contributed by atoms with Gasteiger partial charge in [0.25, 0.3) is 5.91 Å². The Labute approximate surface area is 195 Å². The summed E-state index contributed by atoms with van der Waals surface area (Å²) < 4.78 is 16.8. The summed E-state index contributed by atoms with van der Waals surface area (Å²) in [7, 11) is 0. The predicted octanol–water partition coefficient (Wildman–Crippen LogP) is 5.45. The Morgan fingerprint density at radius 3 is 2.30 bits per heavy atom. The quantitative estimate of drug-likeness (QED) is 0.376. The lowest BCUT2D eigenvalue weighted by Crippen LogP contribution is -2.24. The van der Waals surface area contributed by atoms with E-state index in [0.29, 0.717) is 36.1 Å². The number of allylic oxidation sites excluding steroid dienone is 1. The summed E-state index contributed by atoms with van der Waals surface area (Å²) in [4.78, 5) is 27.9. The average Bonchev–Trinajstić information content (AvgIpc) is 3.04. The van der Waals surface area contributed by atoms with Gasteiger partial charge in [-0.15, -0.1) is 0 Å². The lowest BCUT2D eigenvalue weighted by Gasteiger charge is -2.18. The highest BCUT2D eigenvalue weighted by molar-refractivity contribution is 6.23. The number of hydrogen-bond acceptors (Lipinski definition) is 5. The largest absolute Gasteiger partial charge is 0.490 e. The Bertz CT molecular complexity index is 1080. The van der Waals surface area contributed by atoms with Crippen LogP contribution in [0.4, 0.5) is 5.69 Å². The molecule has 0 radical (unpaired) electrons. The number of nitrogens with zero attached hydrogens (tertiary/aromatic N) is 1. The van der Waals surface area contributed by atoms with Crippen LogP contribution in [-0.4, -0.2) is 31.7 Å². The lowest BCUT2D eigenvalue weighted by molar-refractivity contribution is -0.138. The number of amides is 1. The minimum atomic E-state index is -0.516. The number of esters is 1. The number of ether oxygens (including phenoxy) is 3. The first kappa shape index (κ1) is 24.1. The van der Waals surface area contributed by atoms with Crippen molar-refractivity contribution in [3.63, 3.8) is 0 Å². The maximum absolute atomic E-state index is 13.5. The number of aryl methyl sites for hydroxylation is 1. The molecule has 2 aromatic rings. The van der Waals surface area contributed by atoms with Crippen LogP contribution in [0.2, 0.25) is 0 Å². The minimum absolute atomic E-state index is 0.222. The second-order valence-corrected chi connectivity index (χ2v) is 7.70. The van der Waals surface area contributed by atoms with E-state index in [2.05, 4.69) is 0 Å². The molecule has 0 fully saturated rings. The van der Waals surface area contributed by atoms with Crippen molar-refractivity contribution in [2.24, 2.45) is 0 Å². The van der Waals surface area contributed by atoms with Crippen molar-refractivity contribution < 1.29 is 23.8 Å². The first-order chi connectivity index (χ1) is 15.9. The molecule has 0 N–H and O–H groups in total. The highest BCUT2D eigenvalue weighted by Gasteiger charge is 2.38. The number of anilines is 1. The third-order valence-corrected chi connectivity index (χ3v) is 5.21. The zero-order valence-corrected chi connectivity index (χ0v) is 19.9. The van der Waals surface area contributed by atoms with Gasteiger partial charge in [0.05, 0.1) is 31.0 Å². The third-order valence-electron chi connectivity index (χ3n) is 5.21. The molecule has 0 aliphatic carbocycles. The van der Waals surface area contributed by atoms with Crippen molar-refractivity contribution in [1.29, 1.82) is 0 Å². The number of rotatable bonds is 9. The fourth-order valence-electron chi connectivity index (χ4n) is 3.67. The van der Waals surface area contributed by atoms with Crippen molar-refractivity contribution in [2.45, 2.75) is 41.0 Å². The summed E-state index contributed by atoms with van der Waals surface area (Å²) in [5.74, 6) is 0.457. The first-order valence-electron chi connectivity index (χ1n) is 11.3. The van der Waals surface area contributed by atoms with Gasteiger partial charge in [-0.25, -0.2) is 4.79 Å². The van der Waals surface area contributed by atoms with Crippen LogP contribution in [0.5, 0.6) is 11.5 Å². The Kier molecular flexibility index (Phi) is 7.93. The van der Waals surface area contributed by atoms with Crippen molar-refractivity contribution in [3.05, 3.63) is 70.4 Å². The lowest BCUT2D eigenvalue weighted by atomic mass is 10.0. The smallest absolute Gasteiger partial charge is 0.340 e. The highest BCUT2D eigenvalue weighted by Crippen LogP contribution is 2.37. The summed E-state index contributed by atoms with van der Waals surface area (Å²) >= 11 is 0. The van der Waals surface area contributed by atoms with Gasteiger partial charge >= 0.3 is 5.97 Å². The minimum Gasteiger partial charge on any atom is -0.490 e. The molecule has 0 aromatic heterocycles. The predicted molar refractivity (Wildman–Crippen MR) is 129 cm³/mol. The van der Waals surface area contributed by atoms with Gasteiger partial charge in [-0.05, 0) is 70.0 Å². The van der Waals surface area contributed by atoms with Crippen LogP contribution in [0, 0.1) is 6.92 Å². The van der Waals surface area contributed by atoms with Gasteiger partial charge in [0.2, 0.25) is 0 Å². The molecule has 0 saturated carbocycles. The average molecular weight is 450 g/mol. The normalized spacial score (nSPS) is 14.8. The molecule has 33 heavy (non-hydrogen) atoms. The molecular formula is C27H31NO5. The van der Waals surface area contributed by atoms with Crippen LogP contribution in [-0.2, 0) is 14.3 Å². The molecule has 1 aliphatic rings. The molecule has 1 heterocycles. The van der Waals surface area contributed by atoms with Crippen LogP contribution in [0.25, 0.3) is 6.08 Å². The molecule has 0 spiro atoms. The Hall–Kier alpha value is -3.54. The van der Waals surface area contributed by atoms with Crippen LogP contribution in [0.1, 0.15) is 45.2 Å². The molecule has 3 rings (SSSR count). The summed E-state index contributed by atoms with van der Waals surface area (Å²) in [6.07, 6.45) is 2.57. The van der Waals surface area contributed by atoms with Crippen molar-refractivity contribution in [3.8, 4) is 11.5 Å². The van der Waals surface area contributed by atoms with Crippen LogP contribution >= 0.6 is 0 Å². The Balaban J connectivity index is 2.08. The van der Waals surface area contributed by atoms with E-state index >= 15 is 0 Å². The summed E-state index contributed by atoms with van der Waals surface area (Å²) in [6.45, 7) is 10.7. The molecule has 0 saturated heterocycles. The highest BCUT2D eigenvalue weighted by atomic mass is 16.5. The SMILES string of the molecule is CCCOc1cc(/C=C2\C(=O)N(c3ccc(C)cc3)C(C)=C2C(=O)OCC)ccc1OCC. The molecule has 1 amide bonds. The van der Waals surface area contributed by atoms with Crippen LogP contribution in [0.15, 0.2) is 59.3 Å². The van der Waals surface area contributed by atoms with E-state index in [1.807, 2.05) is 63.2 Å². The van der Waals surface area contributed by atoms with Crippen molar-refractivity contribution in [2.75, 3.05) is 24.7 Å². The van der Waals surface area contributed by atoms with Gasteiger partial charge in [0.15, 0.2) is 11.5 Å². The topological polar surface area (TPSA) is 65.1 Å². The molecule has 0 unspecified atom stereocenters. The molecule has 174 valence electrons. The molecular weight excluding hydrogens is 418 g/mol. The monoisotopic (exact) mass is 449 g/mol. The van der Waals surface area contributed by atoms with Gasteiger partial charge in [0.1, 0.15) is 0 Å². The van der Waals surface area contributed by atoms with E-state index in [9.17, 15) is 9.59 Å². The molecule has 1 aliphatic heterocycles. The number of carbonyl (C=O) groups is 2. The zero-order valence-electron chi connectivity index (χ0n) is 19.9. The van der Waals surface area contributed by atoms with E-state index < -0.39 is 5.97 Å². The van der Waals surface area contributed by atoms with Gasteiger partial charge in [0, 0.05) is 11.4 Å². The van der Waals surface area contributed by atoms with E-state index in [4.69, 9.17) is 14.2 Å². The Morgan fingerprint density at radius 1 is 0.939 bits per heavy atom. The fourth-order valence-corrected chi connectivity index (χ4v) is 3.67. The zero-order chi connectivity index (χ0) is 24.0. The second kappa shape index (κ2) is 10.9. The third kappa shape index (κ3) is 5.28. The van der Waals surface area contributed by atoms with E-state index in [-0.39, 0.29) is 23.7 Å². The van der Waals surface area contributed by atoms with Crippen LogP contribution in [0.3, 0.4) is 0 Å². The maximum Gasteiger partial charge on any atom is 0.340 e. The van der Waals surface area contributed by atoms with E-state index in [1.54, 1.807) is 24.8 Å². The summed E-state index contributed by atoms with van der Waals surface area (Å²) in [6, 6.07) is 13.1. The first-order valence-corrected chi connectivity index (χ1v) is 11.3. The number of hydrogen-bond donors (Lipinski definition) is 0. The van der Waals surface area contributed by atoms with Gasteiger partial charge < -0.3 is 14.2 Å². The van der Waals surface area contributed by atoms with Crippen LogP contribution < -0.4 is 14.4 Å².